The Morgan fingerprint density at radius 1 is 1.16 bits per heavy atom. The molecule has 0 spiro atoms. The number of rotatable bonds is 4. The molecule has 3 unspecified atom stereocenters. The molecule has 1 amide bonds. The predicted molar refractivity (Wildman–Crippen MR) is 90.6 cm³/mol. The van der Waals surface area contributed by atoms with Crippen LogP contribution in [0.15, 0.2) is 29.2 Å². The second-order valence-corrected chi connectivity index (χ2v) is 8.53. The van der Waals surface area contributed by atoms with Crippen LogP contribution >= 0.6 is 0 Å². The van der Waals surface area contributed by atoms with E-state index in [4.69, 9.17) is 0 Å². The molecule has 2 fully saturated rings. The summed E-state index contributed by atoms with van der Waals surface area (Å²) in [5, 5.41) is 9.53. The van der Waals surface area contributed by atoms with Crippen LogP contribution in [0.2, 0.25) is 0 Å². The number of hydrogen-bond donors (Lipinski definition) is 2. The molecule has 7 nitrogen and oxygen atoms in total. The van der Waals surface area contributed by atoms with E-state index < -0.39 is 22.0 Å². The highest BCUT2D eigenvalue weighted by molar-refractivity contribution is 7.89. The molecule has 3 rings (SSSR count). The van der Waals surface area contributed by atoms with Gasteiger partial charge in [0.05, 0.1) is 4.90 Å². The van der Waals surface area contributed by atoms with Crippen molar-refractivity contribution in [1.82, 2.24) is 9.62 Å². The lowest BCUT2D eigenvalue weighted by atomic mass is 9.84. The smallest absolute Gasteiger partial charge is 0.326 e. The molecule has 3 atom stereocenters. The molecule has 1 saturated heterocycles. The Labute approximate surface area is 147 Å². The van der Waals surface area contributed by atoms with Crippen molar-refractivity contribution in [3.05, 3.63) is 29.8 Å². The van der Waals surface area contributed by atoms with Gasteiger partial charge in [0.1, 0.15) is 6.04 Å². The number of fused-ring (bicyclic) bond motifs is 1. The second kappa shape index (κ2) is 6.76. The second-order valence-electron chi connectivity index (χ2n) is 6.65. The molecule has 1 saturated carbocycles. The molecule has 1 aliphatic heterocycles. The van der Waals surface area contributed by atoms with Crippen LogP contribution in [-0.4, -0.2) is 49.4 Å². The van der Waals surface area contributed by atoms with Gasteiger partial charge >= 0.3 is 5.97 Å². The maximum atomic E-state index is 12.9. The van der Waals surface area contributed by atoms with Crippen LogP contribution in [0.4, 0.5) is 0 Å². The third-order valence-corrected chi connectivity index (χ3v) is 6.72. The first kappa shape index (κ1) is 17.9. The number of aliphatic carboxylic acids is 1. The Morgan fingerprint density at radius 3 is 2.40 bits per heavy atom. The zero-order valence-electron chi connectivity index (χ0n) is 14.0. The number of carboxylic acids is 1. The van der Waals surface area contributed by atoms with Crippen molar-refractivity contribution in [3.8, 4) is 0 Å². The molecular weight excluding hydrogens is 344 g/mol. The summed E-state index contributed by atoms with van der Waals surface area (Å²) in [6, 6.07) is 4.78. The number of nitrogens with one attached hydrogen (secondary N) is 1. The van der Waals surface area contributed by atoms with Crippen molar-refractivity contribution in [3.63, 3.8) is 0 Å². The van der Waals surface area contributed by atoms with Crippen LogP contribution < -0.4 is 4.72 Å². The fraction of sp³-hybridized carbons (Fsp3) is 0.529. The molecule has 2 N–H and O–H groups in total. The van der Waals surface area contributed by atoms with Gasteiger partial charge in [0, 0.05) is 11.6 Å². The average Bonchev–Trinajstić information content (AvgIpc) is 3.01. The summed E-state index contributed by atoms with van der Waals surface area (Å²) in [5.41, 5.74) is 0.313. The van der Waals surface area contributed by atoms with Crippen LogP contribution in [-0.2, 0) is 14.8 Å². The first-order chi connectivity index (χ1) is 11.8. The van der Waals surface area contributed by atoms with Crippen LogP contribution in [0.3, 0.4) is 0 Å². The highest BCUT2D eigenvalue weighted by Gasteiger charge is 2.47. The van der Waals surface area contributed by atoms with Gasteiger partial charge in [-0.1, -0.05) is 12.8 Å². The van der Waals surface area contributed by atoms with Crippen LogP contribution in [0.5, 0.6) is 0 Å². The molecule has 25 heavy (non-hydrogen) atoms. The summed E-state index contributed by atoms with van der Waals surface area (Å²) in [5.74, 6) is -1.07. The number of carbonyl (C=O) groups excluding carboxylic acids is 1. The van der Waals surface area contributed by atoms with E-state index in [2.05, 4.69) is 4.72 Å². The molecule has 1 aliphatic carbocycles. The number of amides is 1. The minimum Gasteiger partial charge on any atom is -0.480 e. The predicted octanol–water partition coefficient (Wildman–Crippen LogP) is 1.45. The van der Waals surface area contributed by atoms with Crippen molar-refractivity contribution in [1.29, 1.82) is 0 Å². The van der Waals surface area contributed by atoms with E-state index >= 15 is 0 Å². The summed E-state index contributed by atoms with van der Waals surface area (Å²) in [7, 11) is -2.25. The highest BCUT2D eigenvalue weighted by Crippen LogP contribution is 2.40. The first-order valence-electron chi connectivity index (χ1n) is 8.44. The minimum atomic E-state index is -3.57. The molecule has 2 aliphatic rings. The average molecular weight is 366 g/mol. The SMILES string of the molecule is CNS(=O)(=O)c1ccc(C(=O)N2C(C(=O)O)CC3CCCCC32)cc1. The monoisotopic (exact) mass is 366 g/mol. The van der Waals surface area contributed by atoms with E-state index in [0.29, 0.717) is 12.0 Å². The Bertz CT molecular complexity index is 775. The van der Waals surface area contributed by atoms with Crippen LogP contribution in [0.25, 0.3) is 0 Å². The Balaban J connectivity index is 1.89. The molecule has 1 aromatic carbocycles. The normalized spacial score (nSPS) is 26.3. The fourth-order valence-electron chi connectivity index (χ4n) is 4.02. The highest BCUT2D eigenvalue weighted by atomic mass is 32.2. The molecule has 136 valence electrons. The van der Waals surface area contributed by atoms with Crippen molar-refractivity contribution >= 4 is 21.9 Å². The third-order valence-electron chi connectivity index (χ3n) is 5.29. The van der Waals surface area contributed by atoms with E-state index in [1.165, 1.54) is 36.2 Å². The van der Waals surface area contributed by atoms with Gasteiger partial charge in [-0.3, -0.25) is 4.79 Å². The van der Waals surface area contributed by atoms with Gasteiger partial charge in [0.25, 0.3) is 5.91 Å². The summed E-state index contributed by atoms with van der Waals surface area (Å²) in [4.78, 5) is 26.2. The lowest BCUT2D eigenvalue weighted by Gasteiger charge is -2.33. The Kier molecular flexibility index (Phi) is 4.83. The maximum absolute atomic E-state index is 12.9. The topological polar surface area (TPSA) is 104 Å². The molecule has 0 aromatic heterocycles. The Morgan fingerprint density at radius 2 is 1.80 bits per heavy atom. The quantitative estimate of drug-likeness (QED) is 0.839. The summed E-state index contributed by atoms with van der Waals surface area (Å²) < 4.78 is 25.8. The number of carboxylic acid groups (broad SMARTS) is 1. The summed E-state index contributed by atoms with van der Waals surface area (Å²) in [6.07, 6.45) is 4.35. The van der Waals surface area contributed by atoms with E-state index in [-0.39, 0.29) is 22.8 Å². The number of sulfonamides is 1. The number of benzene rings is 1. The molecule has 1 heterocycles. The largest absolute Gasteiger partial charge is 0.480 e. The molecule has 0 radical (unpaired) electrons. The number of hydrogen-bond acceptors (Lipinski definition) is 4. The van der Waals surface area contributed by atoms with Gasteiger partial charge in [0.2, 0.25) is 10.0 Å². The minimum absolute atomic E-state index is 0.0388. The molecular formula is C17H22N2O5S. The van der Waals surface area contributed by atoms with Crippen LogP contribution in [0, 0.1) is 5.92 Å². The maximum Gasteiger partial charge on any atom is 0.326 e. The van der Waals surface area contributed by atoms with Crippen molar-refractivity contribution in [2.45, 2.75) is 49.1 Å². The van der Waals surface area contributed by atoms with E-state index in [1.54, 1.807) is 0 Å². The third kappa shape index (κ3) is 3.28. The van der Waals surface area contributed by atoms with Gasteiger partial charge < -0.3 is 10.0 Å². The fourth-order valence-corrected chi connectivity index (χ4v) is 4.75. The zero-order chi connectivity index (χ0) is 18.2. The number of carbonyl (C=O) groups is 2. The van der Waals surface area contributed by atoms with Gasteiger partial charge in [-0.05, 0) is 56.5 Å². The first-order valence-corrected chi connectivity index (χ1v) is 9.92. The Hall–Kier alpha value is -1.93. The van der Waals surface area contributed by atoms with Gasteiger partial charge in [-0.2, -0.15) is 0 Å². The zero-order valence-corrected chi connectivity index (χ0v) is 14.8. The van der Waals surface area contributed by atoms with Gasteiger partial charge in [-0.25, -0.2) is 17.9 Å². The summed E-state index contributed by atoms with van der Waals surface area (Å²) >= 11 is 0. The molecule has 1 aromatic rings. The van der Waals surface area contributed by atoms with E-state index in [1.807, 2.05) is 0 Å². The van der Waals surface area contributed by atoms with Gasteiger partial charge in [0.15, 0.2) is 0 Å². The molecule has 8 heteroatoms. The summed E-state index contributed by atoms with van der Waals surface area (Å²) in [6.45, 7) is 0. The van der Waals surface area contributed by atoms with Crippen molar-refractivity contribution < 1.29 is 23.1 Å². The van der Waals surface area contributed by atoms with E-state index in [9.17, 15) is 23.1 Å². The standard InChI is InChI=1S/C17H22N2O5S/c1-18-25(23,24)13-8-6-11(7-9-13)16(20)19-14-5-3-2-4-12(14)10-15(19)17(21)22/h6-9,12,14-15,18H,2-5,10H2,1H3,(H,21,22). The lowest BCUT2D eigenvalue weighted by Crippen LogP contribution is -2.46. The van der Waals surface area contributed by atoms with Crippen LogP contribution in [0.1, 0.15) is 42.5 Å². The lowest BCUT2D eigenvalue weighted by molar-refractivity contribution is -0.141. The van der Waals surface area contributed by atoms with Crippen molar-refractivity contribution in [2.75, 3.05) is 7.05 Å². The number of nitrogens with zero attached hydrogens (tertiary/aromatic N) is 1. The number of likely N-dealkylation sites (tertiary alicyclic amines) is 1. The van der Waals surface area contributed by atoms with E-state index in [0.717, 1.165) is 25.7 Å². The van der Waals surface area contributed by atoms with Crippen molar-refractivity contribution in [2.24, 2.45) is 5.92 Å². The van der Waals surface area contributed by atoms with Gasteiger partial charge in [-0.15, -0.1) is 0 Å². The molecule has 0 bridgehead atoms.